The molecule has 1 atom stereocenters. The van der Waals surface area contributed by atoms with Crippen molar-refractivity contribution in [2.75, 3.05) is 11.9 Å². The van der Waals surface area contributed by atoms with Gasteiger partial charge in [0.25, 0.3) is 0 Å². The second-order valence-corrected chi connectivity index (χ2v) is 5.58. The van der Waals surface area contributed by atoms with Crippen molar-refractivity contribution < 1.29 is 23.9 Å². The number of anilines is 1. The summed E-state index contributed by atoms with van der Waals surface area (Å²) in [6.45, 7) is 3.38. The topological polar surface area (TPSA) is 114 Å². The lowest BCUT2D eigenvalue weighted by molar-refractivity contribution is -0.128. The van der Waals surface area contributed by atoms with Gasteiger partial charge in [-0.1, -0.05) is 26.0 Å². The van der Waals surface area contributed by atoms with Crippen LogP contribution in [0.5, 0.6) is 0 Å². The van der Waals surface area contributed by atoms with Gasteiger partial charge in [-0.05, 0) is 23.6 Å². The van der Waals surface area contributed by atoms with Crippen molar-refractivity contribution in [1.29, 1.82) is 0 Å². The zero-order chi connectivity index (χ0) is 18.8. The van der Waals surface area contributed by atoms with Crippen molar-refractivity contribution >= 4 is 37.6 Å². The molecule has 0 aliphatic carbocycles. The third-order valence-electron chi connectivity index (χ3n) is 3.24. The van der Waals surface area contributed by atoms with Crippen LogP contribution in [0, 0.1) is 5.92 Å². The third kappa shape index (κ3) is 7.51. The van der Waals surface area contributed by atoms with Crippen LogP contribution in [0.1, 0.15) is 19.4 Å². The first-order valence-corrected chi connectivity index (χ1v) is 7.62. The molecule has 0 heterocycles. The largest absolute Gasteiger partial charge is 0.470 e. The Morgan fingerprint density at radius 1 is 1.20 bits per heavy atom. The van der Waals surface area contributed by atoms with Gasteiger partial charge in [0.05, 0.1) is 6.54 Å². The third-order valence-corrected chi connectivity index (χ3v) is 3.24. The number of hydrogen-bond acceptors (Lipinski definition) is 5. The summed E-state index contributed by atoms with van der Waals surface area (Å²) in [6, 6.07) is 5.89. The van der Waals surface area contributed by atoms with Crippen LogP contribution >= 0.6 is 0 Å². The number of hydrogen-bond donors (Lipinski definition) is 3. The summed E-state index contributed by atoms with van der Waals surface area (Å²) in [5, 5.41) is 7.50. The first-order chi connectivity index (χ1) is 11.8. The Kier molecular flexibility index (Phi) is 8.18. The molecule has 9 heteroatoms. The van der Waals surface area contributed by atoms with E-state index in [0.29, 0.717) is 17.7 Å². The minimum absolute atomic E-state index is 0.0416. The predicted molar refractivity (Wildman–Crippen MR) is 91.8 cm³/mol. The molecule has 3 N–H and O–H groups in total. The average molecular weight is 345 g/mol. The summed E-state index contributed by atoms with van der Waals surface area (Å²) < 4.78 is 4.65. The monoisotopic (exact) mass is 345 g/mol. The Bertz CT molecular complexity index is 619. The maximum Gasteiger partial charge on any atom is 0.243 e. The van der Waals surface area contributed by atoms with Crippen LogP contribution in [0.25, 0.3) is 0 Å². The Balaban J connectivity index is 2.47. The fraction of sp³-hybridized carbons (Fsp3) is 0.375. The SMILES string of the molecule is [B]C(=O)OCc1ccc(NC(=O)CNC(=O)[C@@H](NC=O)C(C)C)cc1. The molecule has 1 rings (SSSR count). The molecule has 3 amide bonds. The van der Waals surface area contributed by atoms with E-state index in [1.165, 1.54) is 0 Å². The van der Waals surface area contributed by atoms with Crippen molar-refractivity contribution in [1.82, 2.24) is 10.6 Å². The zero-order valence-electron chi connectivity index (χ0n) is 14.1. The molecule has 0 bridgehead atoms. The van der Waals surface area contributed by atoms with Gasteiger partial charge in [-0.25, -0.2) is 0 Å². The molecule has 8 nitrogen and oxygen atoms in total. The van der Waals surface area contributed by atoms with E-state index in [1.54, 1.807) is 38.1 Å². The fourth-order valence-electron chi connectivity index (χ4n) is 1.97. The smallest absolute Gasteiger partial charge is 0.243 e. The lowest BCUT2D eigenvalue weighted by Gasteiger charge is -2.19. The van der Waals surface area contributed by atoms with E-state index in [-0.39, 0.29) is 19.1 Å². The van der Waals surface area contributed by atoms with Crippen LogP contribution in [-0.2, 0) is 25.7 Å². The van der Waals surface area contributed by atoms with E-state index in [9.17, 15) is 19.2 Å². The number of rotatable bonds is 9. The molecule has 0 spiro atoms. The highest BCUT2D eigenvalue weighted by Crippen LogP contribution is 2.10. The van der Waals surface area contributed by atoms with Gasteiger partial charge >= 0.3 is 0 Å². The molecule has 1 aromatic carbocycles. The lowest BCUT2D eigenvalue weighted by atomic mass is 10.0. The van der Waals surface area contributed by atoms with E-state index < -0.39 is 23.7 Å². The van der Waals surface area contributed by atoms with Crippen molar-refractivity contribution in [2.24, 2.45) is 5.92 Å². The van der Waals surface area contributed by atoms with Crippen LogP contribution in [-0.4, -0.2) is 44.5 Å². The standard InChI is InChI=1S/C16H20BN3O5/c1-10(2)14(19-9-21)15(23)18-7-13(22)20-12-5-3-11(4-6-12)8-25-16(17)24/h3-6,9-10,14H,7-8H2,1-2H3,(H,18,23)(H,19,21)(H,20,22)/t14-/m0/s1. The molecule has 25 heavy (non-hydrogen) atoms. The maximum atomic E-state index is 11.9. The van der Waals surface area contributed by atoms with E-state index in [0.717, 1.165) is 0 Å². The highest BCUT2D eigenvalue weighted by Gasteiger charge is 2.21. The van der Waals surface area contributed by atoms with Crippen molar-refractivity contribution in [3.63, 3.8) is 0 Å². The second kappa shape index (κ2) is 10.1. The summed E-state index contributed by atoms with van der Waals surface area (Å²) in [4.78, 5) is 44.8. The van der Waals surface area contributed by atoms with Crippen LogP contribution in [0.15, 0.2) is 24.3 Å². The summed E-state index contributed by atoms with van der Waals surface area (Å²) in [7, 11) is 4.88. The Morgan fingerprint density at radius 2 is 1.84 bits per heavy atom. The first-order valence-electron chi connectivity index (χ1n) is 7.62. The van der Waals surface area contributed by atoms with Crippen LogP contribution in [0.3, 0.4) is 0 Å². The average Bonchev–Trinajstić information content (AvgIpc) is 2.56. The van der Waals surface area contributed by atoms with E-state index in [2.05, 4.69) is 20.7 Å². The molecular weight excluding hydrogens is 325 g/mol. The van der Waals surface area contributed by atoms with E-state index in [4.69, 9.17) is 7.85 Å². The molecule has 132 valence electrons. The Hall–Kier alpha value is -2.84. The van der Waals surface area contributed by atoms with Gasteiger partial charge in [0.15, 0.2) is 0 Å². The van der Waals surface area contributed by atoms with E-state index >= 15 is 0 Å². The zero-order valence-corrected chi connectivity index (χ0v) is 14.1. The van der Waals surface area contributed by atoms with Gasteiger partial charge in [-0.3, -0.25) is 19.2 Å². The normalized spacial score (nSPS) is 11.3. The summed E-state index contributed by atoms with van der Waals surface area (Å²) in [5.74, 6) is -1.82. The van der Waals surface area contributed by atoms with Gasteiger partial charge < -0.3 is 20.7 Å². The maximum absolute atomic E-state index is 11.9. The highest BCUT2D eigenvalue weighted by molar-refractivity contribution is 6.55. The van der Waals surface area contributed by atoms with Crippen molar-refractivity contribution in [3.8, 4) is 0 Å². The molecule has 0 saturated carbocycles. The summed E-state index contributed by atoms with van der Waals surface area (Å²) >= 11 is 0. The van der Waals surface area contributed by atoms with Crippen LogP contribution in [0.4, 0.5) is 10.5 Å². The van der Waals surface area contributed by atoms with Crippen LogP contribution in [0.2, 0.25) is 0 Å². The molecule has 1 aromatic rings. The molecule has 0 aliphatic rings. The number of benzene rings is 1. The number of carbonyl (C=O) groups is 4. The van der Waals surface area contributed by atoms with Gasteiger partial charge in [0.1, 0.15) is 12.6 Å². The minimum Gasteiger partial charge on any atom is -0.470 e. The molecule has 0 unspecified atom stereocenters. The summed E-state index contributed by atoms with van der Waals surface area (Å²) in [5.41, 5.74) is 1.23. The van der Waals surface area contributed by atoms with Gasteiger partial charge in [0.2, 0.25) is 31.9 Å². The summed E-state index contributed by atoms with van der Waals surface area (Å²) in [6.07, 6.45) is 0.452. The molecule has 0 aliphatic heterocycles. The number of ether oxygens (including phenoxy) is 1. The van der Waals surface area contributed by atoms with Gasteiger partial charge in [0, 0.05) is 5.69 Å². The molecule has 0 fully saturated rings. The van der Waals surface area contributed by atoms with Crippen molar-refractivity contribution in [2.45, 2.75) is 26.5 Å². The number of carbonyl (C=O) groups excluding carboxylic acids is 4. The first kappa shape index (κ1) is 20.2. The molecule has 2 radical (unpaired) electrons. The quantitative estimate of drug-likeness (QED) is 0.441. The molecule has 0 saturated heterocycles. The van der Waals surface area contributed by atoms with E-state index in [1.807, 2.05) is 0 Å². The van der Waals surface area contributed by atoms with Crippen molar-refractivity contribution in [3.05, 3.63) is 29.8 Å². The molecular formula is C16H20BN3O5. The lowest BCUT2D eigenvalue weighted by Crippen LogP contribution is -2.48. The second-order valence-electron chi connectivity index (χ2n) is 5.58. The number of amides is 3. The Morgan fingerprint density at radius 3 is 2.36 bits per heavy atom. The predicted octanol–water partition coefficient (Wildman–Crippen LogP) is 0.317. The highest BCUT2D eigenvalue weighted by atomic mass is 16.5. The minimum atomic E-state index is -0.864. The molecule has 0 aromatic heterocycles. The Labute approximate surface area is 147 Å². The fourth-order valence-corrected chi connectivity index (χ4v) is 1.97. The van der Waals surface area contributed by atoms with Crippen LogP contribution < -0.4 is 16.0 Å². The number of nitrogens with one attached hydrogen (secondary N) is 3. The van der Waals surface area contributed by atoms with Gasteiger partial charge in [-0.15, -0.1) is 0 Å². The van der Waals surface area contributed by atoms with Gasteiger partial charge in [-0.2, -0.15) is 0 Å².